The third-order valence-corrected chi connectivity index (χ3v) is 5.10. The smallest absolute Gasteiger partial charge is 0.240 e. The number of likely N-dealkylation sites (tertiary alicyclic amines) is 1. The number of hydrogen-bond acceptors (Lipinski definition) is 3. The number of nitrogens with two attached hydrogens (primary N) is 1. The normalized spacial score (nSPS) is 24.7. The second-order valence-corrected chi connectivity index (χ2v) is 6.57. The molecule has 0 bridgehead atoms. The van der Waals surface area contributed by atoms with Gasteiger partial charge in [-0.15, -0.1) is 24.8 Å². The molecule has 1 saturated heterocycles. The monoisotopic (exact) mass is 353 g/mol. The maximum Gasteiger partial charge on any atom is 0.240 e. The molecule has 1 aliphatic heterocycles. The first-order valence-corrected chi connectivity index (χ1v) is 8.47. The molecule has 0 aromatic heterocycles. The van der Waals surface area contributed by atoms with Crippen molar-refractivity contribution in [2.24, 2.45) is 5.73 Å². The molecule has 1 amide bonds. The average molecular weight is 354 g/mol. The van der Waals surface area contributed by atoms with E-state index in [4.69, 9.17) is 5.73 Å². The van der Waals surface area contributed by atoms with Crippen LogP contribution < -0.4 is 11.1 Å². The number of carbonyl (C=O) groups is 1. The Bertz CT molecular complexity index is 323. The molecule has 2 fully saturated rings. The summed E-state index contributed by atoms with van der Waals surface area (Å²) in [4.78, 5) is 14.8. The summed E-state index contributed by atoms with van der Waals surface area (Å²) in [6.45, 7) is 5.16. The molecule has 0 aromatic carbocycles. The largest absolute Gasteiger partial charge is 0.353 e. The van der Waals surface area contributed by atoms with Crippen LogP contribution in [-0.4, -0.2) is 42.0 Å². The van der Waals surface area contributed by atoms with Gasteiger partial charge in [-0.3, -0.25) is 9.69 Å². The van der Waals surface area contributed by atoms with E-state index in [1.54, 1.807) is 0 Å². The fourth-order valence-electron chi connectivity index (χ4n) is 3.72. The number of hydrogen-bond donors (Lipinski definition) is 2. The molecular formula is C16H33Cl2N3O. The molecule has 1 aliphatic carbocycles. The third-order valence-electron chi connectivity index (χ3n) is 5.10. The molecule has 1 saturated carbocycles. The van der Waals surface area contributed by atoms with Crippen molar-refractivity contribution in [2.45, 2.75) is 76.3 Å². The molecule has 0 radical (unpaired) electrons. The minimum atomic E-state index is -0.593. The summed E-state index contributed by atoms with van der Waals surface area (Å²) in [5.41, 5.74) is 5.66. The van der Waals surface area contributed by atoms with E-state index in [9.17, 15) is 4.79 Å². The lowest BCUT2D eigenvalue weighted by atomic mass is 9.82. The average Bonchev–Trinajstić information content (AvgIpc) is 2.48. The summed E-state index contributed by atoms with van der Waals surface area (Å²) in [5.74, 6) is 0.0715. The Morgan fingerprint density at radius 1 is 1.18 bits per heavy atom. The van der Waals surface area contributed by atoms with Crippen LogP contribution in [0.3, 0.4) is 0 Å². The van der Waals surface area contributed by atoms with Crippen LogP contribution in [0, 0.1) is 0 Å². The van der Waals surface area contributed by atoms with E-state index in [-0.39, 0.29) is 30.7 Å². The van der Waals surface area contributed by atoms with Crippen molar-refractivity contribution in [3.05, 3.63) is 0 Å². The van der Waals surface area contributed by atoms with Gasteiger partial charge < -0.3 is 11.1 Å². The Hall–Kier alpha value is -0.0300. The highest BCUT2D eigenvalue weighted by atomic mass is 35.5. The predicted molar refractivity (Wildman–Crippen MR) is 97.0 cm³/mol. The van der Waals surface area contributed by atoms with Gasteiger partial charge in [0.15, 0.2) is 0 Å². The van der Waals surface area contributed by atoms with Crippen molar-refractivity contribution in [2.75, 3.05) is 19.6 Å². The summed E-state index contributed by atoms with van der Waals surface area (Å²) in [6, 6.07) is 0.710. The standard InChI is InChI=1S/C16H31N3O.2ClH/c1-2-14-8-4-7-12-19(14)13-11-18-15(20)16(17)9-5-3-6-10-16;;/h14H,2-13,17H2,1H3,(H,18,20);2*1H. The van der Waals surface area contributed by atoms with E-state index in [1.165, 1.54) is 38.6 Å². The van der Waals surface area contributed by atoms with Crippen molar-refractivity contribution in [1.29, 1.82) is 0 Å². The quantitative estimate of drug-likeness (QED) is 0.798. The first-order chi connectivity index (χ1) is 9.65. The van der Waals surface area contributed by atoms with Gasteiger partial charge in [-0.1, -0.05) is 32.6 Å². The van der Waals surface area contributed by atoms with Gasteiger partial charge in [0, 0.05) is 19.1 Å². The molecule has 1 heterocycles. The minimum absolute atomic E-state index is 0. The topological polar surface area (TPSA) is 58.4 Å². The van der Waals surface area contributed by atoms with Crippen LogP contribution in [0.4, 0.5) is 0 Å². The van der Waals surface area contributed by atoms with Crippen molar-refractivity contribution in [3.8, 4) is 0 Å². The van der Waals surface area contributed by atoms with Crippen LogP contribution in [-0.2, 0) is 4.79 Å². The zero-order valence-corrected chi connectivity index (χ0v) is 15.4. The van der Waals surface area contributed by atoms with Crippen LogP contribution >= 0.6 is 24.8 Å². The number of nitrogens with zero attached hydrogens (tertiary/aromatic N) is 1. The Balaban J connectivity index is 0.00000220. The molecule has 3 N–H and O–H groups in total. The van der Waals surface area contributed by atoms with Gasteiger partial charge in [0.1, 0.15) is 0 Å². The summed E-state index contributed by atoms with van der Waals surface area (Å²) < 4.78 is 0. The van der Waals surface area contributed by atoms with Crippen molar-refractivity contribution < 1.29 is 4.79 Å². The second-order valence-electron chi connectivity index (χ2n) is 6.57. The van der Waals surface area contributed by atoms with Gasteiger partial charge in [-0.25, -0.2) is 0 Å². The molecule has 2 aliphatic rings. The Morgan fingerprint density at radius 2 is 1.86 bits per heavy atom. The second kappa shape index (κ2) is 10.7. The van der Waals surface area contributed by atoms with Crippen LogP contribution in [0.1, 0.15) is 64.7 Å². The lowest BCUT2D eigenvalue weighted by molar-refractivity contribution is -0.127. The molecule has 4 nitrogen and oxygen atoms in total. The molecule has 6 heteroatoms. The Labute approximate surface area is 147 Å². The van der Waals surface area contributed by atoms with E-state index in [1.807, 2.05) is 0 Å². The highest BCUT2D eigenvalue weighted by molar-refractivity contribution is 5.86. The molecule has 0 spiro atoms. The summed E-state index contributed by atoms with van der Waals surface area (Å²) in [6.07, 6.45) is 10.3. The minimum Gasteiger partial charge on any atom is -0.353 e. The van der Waals surface area contributed by atoms with Crippen LogP contribution in [0.2, 0.25) is 0 Å². The van der Waals surface area contributed by atoms with Crippen molar-refractivity contribution in [1.82, 2.24) is 10.2 Å². The maximum absolute atomic E-state index is 12.3. The van der Waals surface area contributed by atoms with Gasteiger partial charge in [0.05, 0.1) is 5.54 Å². The number of halogens is 2. The van der Waals surface area contributed by atoms with E-state index >= 15 is 0 Å². The molecule has 2 rings (SSSR count). The highest BCUT2D eigenvalue weighted by Gasteiger charge is 2.35. The number of piperidine rings is 1. The lowest BCUT2D eigenvalue weighted by Gasteiger charge is -2.36. The SMILES string of the molecule is CCC1CCCCN1CCNC(=O)C1(N)CCCCC1.Cl.Cl. The fourth-order valence-corrected chi connectivity index (χ4v) is 3.72. The first kappa shape index (κ1) is 22.0. The van der Waals surface area contributed by atoms with Gasteiger partial charge >= 0.3 is 0 Å². The van der Waals surface area contributed by atoms with E-state index in [2.05, 4.69) is 17.1 Å². The summed E-state index contributed by atoms with van der Waals surface area (Å²) in [5, 5.41) is 3.08. The fraction of sp³-hybridized carbons (Fsp3) is 0.938. The molecule has 132 valence electrons. The number of carbonyl (C=O) groups excluding carboxylic acids is 1. The van der Waals surface area contributed by atoms with Gasteiger partial charge in [-0.2, -0.15) is 0 Å². The van der Waals surface area contributed by atoms with Crippen LogP contribution in [0.25, 0.3) is 0 Å². The molecule has 1 atom stereocenters. The maximum atomic E-state index is 12.3. The zero-order valence-electron chi connectivity index (χ0n) is 13.8. The Morgan fingerprint density at radius 3 is 2.50 bits per heavy atom. The molecule has 0 aromatic rings. The number of amides is 1. The van der Waals surface area contributed by atoms with Gasteiger partial charge in [0.2, 0.25) is 5.91 Å². The zero-order chi connectivity index (χ0) is 14.4. The molecular weight excluding hydrogens is 321 g/mol. The van der Waals surface area contributed by atoms with Crippen LogP contribution in [0.15, 0.2) is 0 Å². The van der Waals surface area contributed by atoms with E-state index in [0.717, 1.165) is 38.8 Å². The van der Waals surface area contributed by atoms with Gasteiger partial charge in [-0.05, 0) is 38.6 Å². The Kier molecular flexibility index (Phi) is 10.7. The predicted octanol–water partition coefficient (Wildman–Crippen LogP) is 2.87. The molecule has 22 heavy (non-hydrogen) atoms. The third kappa shape index (κ3) is 5.88. The van der Waals surface area contributed by atoms with Crippen molar-refractivity contribution in [3.63, 3.8) is 0 Å². The lowest BCUT2D eigenvalue weighted by Crippen LogP contribution is -2.56. The van der Waals surface area contributed by atoms with E-state index < -0.39 is 5.54 Å². The molecule has 1 unspecified atom stereocenters. The van der Waals surface area contributed by atoms with E-state index in [0.29, 0.717) is 6.04 Å². The number of nitrogens with one attached hydrogen (secondary N) is 1. The number of rotatable bonds is 5. The summed E-state index contributed by atoms with van der Waals surface area (Å²) in [7, 11) is 0. The summed E-state index contributed by atoms with van der Waals surface area (Å²) >= 11 is 0. The van der Waals surface area contributed by atoms with Crippen molar-refractivity contribution >= 4 is 30.7 Å². The van der Waals surface area contributed by atoms with Gasteiger partial charge in [0.25, 0.3) is 0 Å². The highest BCUT2D eigenvalue weighted by Crippen LogP contribution is 2.26. The van der Waals surface area contributed by atoms with Crippen LogP contribution in [0.5, 0.6) is 0 Å². The first-order valence-electron chi connectivity index (χ1n) is 8.47.